The minimum atomic E-state index is -0.341. The predicted molar refractivity (Wildman–Crippen MR) is 64.3 cm³/mol. The highest BCUT2D eigenvalue weighted by Crippen LogP contribution is 2.22. The van der Waals surface area contributed by atoms with Crippen molar-refractivity contribution in [2.45, 2.75) is 38.0 Å². The normalized spacial score (nSPS) is 12.8. The molecular weight excluding hydrogens is 234 g/mol. The lowest BCUT2D eigenvalue weighted by Crippen LogP contribution is -1.97. The van der Waals surface area contributed by atoms with Crippen LogP contribution in [-0.2, 0) is 6.42 Å². The zero-order valence-electron chi connectivity index (χ0n) is 8.77. The molecule has 0 bridgehead atoms. The van der Waals surface area contributed by atoms with Crippen molar-refractivity contribution < 1.29 is 4.39 Å². The Hall–Kier alpha value is -0.270. The lowest BCUT2D eigenvalue weighted by Gasteiger charge is -2.07. The fourth-order valence-corrected chi connectivity index (χ4v) is 1.83. The molecule has 0 amide bonds. The third-order valence-corrected chi connectivity index (χ3v) is 3.39. The van der Waals surface area contributed by atoms with E-state index in [4.69, 9.17) is 23.2 Å². The first-order valence-corrected chi connectivity index (χ1v) is 6.03. The Kier molecular flexibility index (Phi) is 5.41. The van der Waals surface area contributed by atoms with E-state index in [0.29, 0.717) is 0 Å². The van der Waals surface area contributed by atoms with Crippen LogP contribution < -0.4 is 0 Å². The van der Waals surface area contributed by atoms with Gasteiger partial charge in [0.15, 0.2) is 0 Å². The molecule has 0 fully saturated rings. The highest BCUT2D eigenvalue weighted by atomic mass is 35.5. The minimum Gasteiger partial charge on any atom is -0.205 e. The van der Waals surface area contributed by atoms with Gasteiger partial charge in [0, 0.05) is 5.38 Å². The summed E-state index contributed by atoms with van der Waals surface area (Å²) in [5.74, 6) is -0.341. The van der Waals surface area contributed by atoms with Gasteiger partial charge in [-0.25, -0.2) is 4.39 Å². The van der Waals surface area contributed by atoms with Crippen LogP contribution in [0.4, 0.5) is 4.39 Å². The Morgan fingerprint density at radius 3 is 2.80 bits per heavy atom. The van der Waals surface area contributed by atoms with E-state index in [2.05, 4.69) is 6.92 Å². The molecule has 1 unspecified atom stereocenters. The molecule has 0 saturated heterocycles. The largest absolute Gasteiger partial charge is 0.205 e. The summed E-state index contributed by atoms with van der Waals surface area (Å²) in [7, 11) is 0. The van der Waals surface area contributed by atoms with Gasteiger partial charge < -0.3 is 0 Å². The number of aryl methyl sites for hydroxylation is 1. The van der Waals surface area contributed by atoms with E-state index in [1.54, 1.807) is 6.07 Å². The summed E-state index contributed by atoms with van der Waals surface area (Å²) < 4.78 is 13.1. The predicted octanol–water partition coefficient (Wildman–Crippen LogP) is 4.82. The van der Waals surface area contributed by atoms with Gasteiger partial charge in [-0.2, -0.15) is 0 Å². The van der Waals surface area contributed by atoms with Crippen molar-refractivity contribution in [3.05, 3.63) is 34.6 Å². The topological polar surface area (TPSA) is 0 Å². The Balaban J connectivity index is 2.47. The molecule has 0 N–H and O–H groups in total. The van der Waals surface area contributed by atoms with Crippen molar-refractivity contribution in [2.24, 2.45) is 0 Å². The van der Waals surface area contributed by atoms with Crippen LogP contribution in [0.3, 0.4) is 0 Å². The maximum Gasteiger partial charge on any atom is 0.142 e. The highest BCUT2D eigenvalue weighted by molar-refractivity contribution is 6.31. The van der Waals surface area contributed by atoms with Crippen LogP contribution in [0, 0.1) is 5.82 Å². The van der Waals surface area contributed by atoms with Gasteiger partial charge in [0.1, 0.15) is 5.82 Å². The zero-order valence-corrected chi connectivity index (χ0v) is 10.3. The molecule has 0 spiro atoms. The SMILES string of the molecule is CCC(Cl)CCCc1cccc(F)c1Cl. The van der Waals surface area contributed by atoms with Crippen LogP contribution in [0.2, 0.25) is 5.02 Å². The number of benzene rings is 1. The number of halogens is 3. The maximum absolute atomic E-state index is 13.1. The molecule has 15 heavy (non-hydrogen) atoms. The Morgan fingerprint density at radius 1 is 1.40 bits per heavy atom. The zero-order chi connectivity index (χ0) is 11.3. The molecule has 0 heterocycles. The molecule has 3 heteroatoms. The van der Waals surface area contributed by atoms with Crippen molar-refractivity contribution in [1.29, 1.82) is 0 Å². The van der Waals surface area contributed by atoms with Gasteiger partial charge >= 0.3 is 0 Å². The summed E-state index contributed by atoms with van der Waals surface area (Å²) in [4.78, 5) is 0. The van der Waals surface area contributed by atoms with E-state index in [0.717, 1.165) is 31.2 Å². The Labute approximate surface area is 100 Å². The van der Waals surface area contributed by atoms with Crippen molar-refractivity contribution in [1.82, 2.24) is 0 Å². The number of alkyl halides is 1. The van der Waals surface area contributed by atoms with E-state index in [1.165, 1.54) is 6.07 Å². The maximum atomic E-state index is 13.1. The molecule has 0 radical (unpaired) electrons. The second kappa shape index (κ2) is 6.34. The number of hydrogen-bond donors (Lipinski definition) is 0. The Bertz CT molecular complexity index is 312. The van der Waals surface area contributed by atoms with Gasteiger partial charge in [0.05, 0.1) is 5.02 Å². The molecule has 0 nitrogen and oxygen atoms in total. The summed E-state index contributed by atoms with van der Waals surface area (Å²) in [6, 6.07) is 4.93. The van der Waals surface area contributed by atoms with E-state index in [1.807, 2.05) is 6.07 Å². The molecule has 1 aromatic carbocycles. The van der Waals surface area contributed by atoms with Gasteiger partial charge in [-0.15, -0.1) is 11.6 Å². The summed E-state index contributed by atoms with van der Waals surface area (Å²) in [5, 5.41) is 0.470. The first-order valence-electron chi connectivity index (χ1n) is 5.22. The third kappa shape index (κ3) is 4.00. The second-order valence-electron chi connectivity index (χ2n) is 3.61. The van der Waals surface area contributed by atoms with Crippen molar-refractivity contribution >= 4 is 23.2 Å². The van der Waals surface area contributed by atoms with Crippen LogP contribution >= 0.6 is 23.2 Å². The molecule has 0 aliphatic carbocycles. The molecule has 1 atom stereocenters. The van der Waals surface area contributed by atoms with Crippen LogP contribution in [0.1, 0.15) is 31.7 Å². The molecular formula is C12H15Cl2F. The van der Waals surface area contributed by atoms with Crippen LogP contribution in [-0.4, -0.2) is 5.38 Å². The molecule has 1 aromatic rings. The van der Waals surface area contributed by atoms with Crippen LogP contribution in [0.5, 0.6) is 0 Å². The summed E-state index contributed by atoms with van der Waals surface area (Å²) >= 11 is 11.8. The average Bonchev–Trinajstić information content (AvgIpc) is 2.24. The average molecular weight is 249 g/mol. The fourth-order valence-electron chi connectivity index (χ4n) is 1.46. The van der Waals surface area contributed by atoms with Crippen molar-refractivity contribution in [3.63, 3.8) is 0 Å². The fraction of sp³-hybridized carbons (Fsp3) is 0.500. The summed E-state index contributed by atoms with van der Waals surface area (Å²) in [5.41, 5.74) is 0.872. The van der Waals surface area contributed by atoms with Gasteiger partial charge in [0.2, 0.25) is 0 Å². The van der Waals surface area contributed by atoms with E-state index < -0.39 is 0 Å². The monoisotopic (exact) mass is 248 g/mol. The lowest BCUT2D eigenvalue weighted by atomic mass is 10.1. The summed E-state index contributed by atoms with van der Waals surface area (Å²) in [6.07, 6.45) is 3.66. The molecule has 0 aliphatic heterocycles. The third-order valence-electron chi connectivity index (χ3n) is 2.44. The quantitative estimate of drug-likeness (QED) is 0.656. The van der Waals surface area contributed by atoms with E-state index >= 15 is 0 Å². The lowest BCUT2D eigenvalue weighted by molar-refractivity contribution is 0.622. The minimum absolute atomic E-state index is 0.220. The molecule has 0 aromatic heterocycles. The Morgan fingerprint density at radius 2 is 2.13 bits per heavy atom. The smallest absolute Gasteiger partial charge is 0.142 e. The van der Waals surface area contributed by atoms with Crippen molar-refractivity contribution in [2.75, 3.05) is 0 Å². The van der Waals surface area contributed by atoms with E-state index in [-0.39, 0.29) is 16.2 Å². The van der Waals surface area contributed by atoms with Crippen LogP contribution in [0.25, 0.3) is 0 Å². The second-order valence-corrected chi connectivity index (χ2v) is 4.61. The summed E-state index contributed by atoms with van der Waals surface area (Å²) in [6.45, 7) is 2.06. The van der Waals surface area contributed by atoms with Gasteiger partial charge in [0.25, 0.3) is 0 Å². The molecule has 0 saturated carbocycles. The van der Waals surface area contributed by atoms with Gasteiger partial charge in [-0.1, -0.05) is 30.7 Å². The van der Waals surface area contributed by atoms with Crippen LogP contribution in [0.15, 0.2) is 18.2 Å². The molecule has 0 aliphatic rings. The van der Waals surface area contributed by atoms with E-state index in [9.17, 15) is 4.39 Å². The first-order chi connectivity index (χ1) is 7.15. The molecule has 1 rings (SSSR count). The number of hydrogen-bond acceptors (Lipinski definition) is 0. The first kappa shape index (κ1) is 12.8. The highest BCUT2D eigenvalue weighted by Gasteiger charge is 2.06. The van der Waals surface area contributed by atoms with Crippen molar-refractivity contribution in [3.8, 4) is 0 Å². The number of rotatable bonds is 5. The molecule has 84 valence electrons. The van der Waals surface area contributed by atoms with Gasteiger partial charge in [-0.05, 0) is 37.3 Å². The van der Waals surface area contributed by atoms with Gasteiger partial charge in [-0.3, -0.25) is 0 Å². The standard InChI is InChI=1S/C12H15Cl2F/c1-2-10(13)7-3-5-9-6-4-8-11(15)12(9)14/h4,6,8,10H,2-3,5,7H2,1H3.